The molecule has 0 saturated heterocycles. The highest BCUT2D eigenvalue weighted by molar-refractivity contribution is 6.37. The number of nitrogens with one attached hydrogen (secondary N) is 1. The summed E-state index contributed by atoms with van der Waals surface area (Å²) in [6.45, 7) is 0. The highest BCUT2D eigenvalue weighted by Gasteiger charge is 2.56. The third-order valence-electron chi connectivity index (χ3n) is 6.11. The molecule has 2 saturated carbocycles. The molecule has 2 fully saturated rings. The molecular weight excluding hydrogens is 445 g/mol. The first-order chi connectivity index (χ1) is 14.8. The van der Waals surface area contributed by atoms with Crippen molar-refractivity contribution in [2.75, 3.05) is 5.73 Å². The van der Waals surface area contributed by atoms with Gasteiger partial charge in [0.1, 0.15) is 5.75 Å². The Morgan fingerprint density at radius 2 is 1.90 bits per heavy atom. The fourth-order valence-corrected chi connectivity index (χ4v) is 4.73. The number of nitrogen functional groups attached to an aromatic ring is 1. The van der Waals surface area contributed by atoms with E-state index < -0.39 is 11.2 Å². The summed E-state index contributed by atoms with van der Waals surface area (Å²) in [5.74, 6) is 0.457. The number of aromatic hydroxyl groups is 1. The van der Waals surface area contributed by atoms with Gasteiger partial charge in [-0.05, 0) is 55.2 Å². The first-order valence-corrected chi connectivity index (χ1v) is 10.4. The minimum Gasteiger partial charge on any atom is -0.493 e. The van der Waals surface area contributed by atoms with E-state index in [1.165, 1.54) is 37.6 Å². The predicted octanol–water partition coefficient (Wildman–Crippen LogP) is 3.36. The van der Waals surface area contributed by atoms with Crippen molar-refractivity contribution < 1.29 is 9.84 Å². The number of halogens is 2. The van der Waals surface area contributed by atoms with Gasteiger partial charge in [0.15, 0.2) is 5.75 Å². The summed E-state index contributed by atoms with van der Waals surface area (Å²) in [7, 11) is 0. The molecular formula is C20H17Cl2N5O4. The zero-order valence-corrected chi connectivity index (χ0v) is 17.6. The van der Waals surface area contributed by atoms with Gasteiger partial charge in [-0.2, -0.15) is 4.68 Å². The molecule has 5 rings (SSSR count). The van der Waals surface area contributed by atoms with Crippen molar-refractivity contribution in [1.82, 2.24) is 19.7 Å². The SMILES string of the molecule is Nc1nn(-c2cc(Cl)c(Oc3cnc(O)c(C4CCC45CC5)c3)c(Cl)c2)c(=O)[nH]c1=O. The summed E-state index contributed by atoms with van der Waals surface area (Å²) >= 11 is 12.7. The van der Waals surface area contributed by atoms with Crippen LogP contribution in [-0.2, 0) is 0 Å². The number of nitrogens with two attached hydrogens (primary N) is 1. The van der Waals surface area contributed by atoms with E-state index in [0.29, 0.717) is 11.2 Å². The van der Waals surface area contributed by atoms with E-state index in [2.05, 4.69) is 15.1 Å². The average Bonchev–Trinajstić information content (AvgIpc) is 3.52. The summed E-state index contributed by atoms with van der Waals surface area (Å²) in [5, 5.41) is 14.2. The van der Waals surface area contributed by atoms with Gasteiger partial charge in [0.05, 0.1) is 21.9 Å². The Kier molecular flexibility index (Phi) is 4.49. The Labute approximate surface area is 185 Å². The minimum absolute atomic E-state index is 0.0111. The van der Waals surface area contributed by atoms with E-state index in [0.717, 1.165) is 16.7 Å². The molecule has 2 aliphatic rings. The van der Waals surface area contributed by atoms with Crippen LogP contribution in [0.25, 0.3) is 5.69 Å². The zero-order valence-electron chi connectivity index (χ0n) is 16.1. The maximum absolute atomic E-state index is 12.1. The molecule has 4 N–H and O–H groups in total. The van der Waals surface area contributed by atoms with Crippen LogP contribution in [-0.4, -0.2) is 24.9 Å². The van der Waals surface area contributed by atoms with Crippen LogP contribution in [0.4, 0.5) is 5.82 Å². The third-order valence-corrected chi connectivity index (χ3v) is 6.67. The number of rotatable bonds is 4. The summed E-state index contributed by atoms with van der Waals surface area (Å²) in [6, 6.07) is 4.59. The van der Waals surface area contributed by atoms with Gasteiger partial charge in [-0.3, -0.25) is 9.78 Å². The van der Waals surface area contributed by atoms with Gasteiger partial charge in [-0.1, -0.05) is 23.2 Å². The van der Waals surface area contributed by atoms with Crippen LogP contribution < -0.4 is 21.7 Å². The van der Waals surface area contributed by atoms with Crippen LogP contribution in [0, 0.1) is 5.41 Å². The first kappa shape index (κ1) is 19.9. The van der Waals surface area contributed by atoms with Crippen molar-refractivity contribution in [3.63, 3.8) is 0 Å². The van der Waals surface area contributed by atoms with Crippen molar-refractivity contribution in [3.8, 4) is 23.1 Å². The Balaban J connectivity index is 1.48. The molecule has 0 bridgehead atoms. The number of anilines is 1. The molecule has 2 aliphatic carbocycles. The maximum atomic E-state index is 12.1. The number of ether oxygens (including phenoxy) is 1. The van der Waals surface area contributed by atoms with Crippen molar-refractivity contribution in [1.29, 1.82) is 0 Å². The highest BCUT2D eigenvalue weighted by Crippen LogP contribution is 2.69. The lowest BCUT2D eigenvalue weighted by Gasteiger charge is -2.37. The van der Waals surface area contributed by atoms with Gasteiger partial charge < -0.3 is 15.6 Å². The molecule has 9 nitrogen and oxygen atoms in total. The molecule has 2 aromatic heterocycles. The molecule has 1 unspecified atom stereocenters. The molecule has 31 heavy (non-hydrogen) atoms. The lowest BCUT2D eigenvalue weighted by atomic mass is 9.67. The van der Waals surface area contributed by atoms with Gasteiger partial charge in [-0.25, -0.2) is 9.78 Å². The zero-order chi connectivity index (χ0) is 21.9. The lowest BCUT2D eigenvalue weighted by molar-refractivity contribution is 0.220. The summed E-state index contributed by atoms with van der Waals surface area (Å²) in [6.07, 6.45) is 5.92. The predicted molar refractivity (Wildman–Crippen MR) is 115 cm³/mol. The van der Waals surface area contributed by atoms with Gasteiger partial charge in [0.25, 0.3) is 5.56 Å². The van der Waals surface area contributed by atoms with Crippen molar-refractivity contribution in [3.05, 3.63) is 60.8 Å². The number of hydrogen-bond acceptors (Lipinski definition) is 7. The Morgan fingerprint density at radius 3 is 2.52 bits per heavy atom. The van der Waals surface area contributed by atoms with Crippen LogP contribution in [0.15, 0.2) is 34.0 Å². The van der Waals surface area contributed by atoms with Gasteiger partial charge in [0, 0.05) is 5.56 Å². The molecule has 0 amide bonds. The molecule has 1 spiro atoms. The molecule has 11 heteroatoms. The minimum atomic E-state index is -0.790. The van der Waals surface area contributed by atoms with Crippen molar-refractivity contribution in [2.45, 2.75) is 31.6 Å². The molecule has 1 atom stereocenters. The van der Waals surface area contributed by atoms with Crippen LogP contribution >= 0.6 is 23.2 Å². The monoisotopic (exact) mass is 461 g/mol. The van der Waals surface area contributed by atoms with Crippen molar-refractivity contribution >= 4 is 29.0 Å². The number of nitrogens with zero attached hydrogens (tertiary/aromatic N) is 3. The van der Waals surface area contributed by atoms with Crippen LogP contribution in [0.2, 0.25) is 10.0 Å². The van der Waals surface area contributed by atoms with Crippen LogP contribution in [0.3, 0.4) is 0 Å². The van der Waals surface area contributed by atoms with Gasteiger partial charge >= 0.3 is 5.69 Å². The smallest absolute Gasteiger partial charge is 0.349 e. The van der Waals surface area contributed by atoms with E-state index in [9.17, 15) is 14.7 Å². The van der Waals surface area contributed by atoms with E-state index in [4.69, 9.17) is 33.7 Å². The number of aromatic amines is 1. The van der Waals surface area contributed by atoms with E-state index in [1.807, 2.05) is 0 Å². The molecule has 0 aliphatic heterocycles. The second-order valence-corrected chi connectivity index (χ2v) is 8.75. The fraction of sp³-hybridized carbons (Fsp3) is 0.300. The van der Waals surface area contributed by atoms with Crippen LogP contribution in [0.5, 0.6) is 17.4 Å². The number of aromatic nitrogens is 4. The second kappa shape index (κ2) is 7.00. The summed E-state index contributed by atoms with van der Waals surface area (Å²) in [5.41, 5.74) is 5.20. The number of hydrogen-bond donors (Lipinski definition) is 3. The second-order valence-electron chi connectivity index (χ2n) is 7.93. The largest absolute Gasteiger partial charge is 0.493 e. The molecule has 3 aromatic rings. The highest BCUT2D eigenvalue weighted by atomic mass is 35.5. The molecule has 0 radical (unpaired) electrons. The lowest BCUT2D eigenvalue weighted by Crippen LogP contribution is -2.33. The van der Waals surface area contributed by atoms with Crippen LogP contribution in [0.1, 0.15) is 37.2 Å². The number of benzene rings is 1. The Hall–Kier alpha value is -3.04. The third kappa shape index (κ3) is 3.34. The first-order valence-electron chi connectivity index (χ1n) is 9.63. The number of H-pyrrole nitrogens is 1. The Morgan fingerprint density at radius 1 is 1.19 bits per heavy atom. The van der Waals surface area contributed by atoms with E-state index >= 15 is 0 Å². The van der Waals surface area contributed by atoms with Crippen molar-refractivity contribution in [2.24, 2.45) is 5.41 Å². The summed E-state index contributed by atoms with van der Waals surface area (Å²) in [4.78, 5) is 29.6. The van der Waals surface area contributed by atoms with E-state index in [-0.39, 0.29) is 39.1 Å². The topological polar surface area (TPSA) is 136 Å². The van der Waals surface area contributed by atoms with E-state index in [1.54, 1.807) is 6.07 Å². The van der Waals surface area contributed by atoms with Gasteiger partial charge in [-0.15, -0.1) is 5.10 Å². The standard InChI is InChI=1S/C20H17Cl2N5O4/c21-13-5-9(27-19(30)25-18(29)16(23)26-27)6-14(22)15(13)31-10-7-11(17(28)24-8-10)12-1-2-20(12)3-4-20/h5-8,12H,1-4H2,(H2,23,26)(H,24,28)(H,25,29,30). The fourth-order valence-electron chi connectivity index (χ4n) is 4.18. The van der Waals surface area contributed by atoms with Gasteiger partial charge in [0.2, 0.25) is 11.7 Å². The quantitative estimate of drug-likeness (QED) is 0.541. The molecule has 2 heterocycles. The number of pyridine rings is 1. The molecule has 160 valence electrons. The Bertz CT molecular complexity index is 1310. The normalized spacial score (nSPS) is 18.6. The summed E-state index contributed by atoms with van der Waals surface area (Å²) < 4.78 is 6.76. The maximum Gasteiger partial charge on any atom is 0.349 e. The molecule has 1 aromatic carbocycles. The average molecular weight is 462 g/mol.